The fraction of sp³-hybridized carbons (Fsp3) is 0.647. The highest BCUT2D eigenvalue weighted by Gasteiger charge is 2.03. The van der Waals surface area contributed by atoms with Crippen LogP contribution in [-0.4, -0.2) is 40.1 Å². The molecule has 1 atom stereocenters. The quantitative estimate of drug-likeness (QED) is 0.601. The lowest BCUT2D eigenvalue weighted by Crippen LogP contribution is -2.19. The van der Waals surface area contributed by atoms with Crippen LogP contribution < -0.4 is 10.1 Å². The maximum atomic E-state index is 5.65. The number of ether oxygens (including phenoxy) is 3. The minimum absolute atomic E-state index is 0.378. The molecule has 4 nitrogen and oxygen atoms in total. The lowest BCUT2D eigenvalue weighted by molar-refractivity contribution is 0.0806. The second-order valence-electron chi connectivity index (χ2n) is 5.05. The standard InChI is InChI=1S/C17H29NO3/c1-4-10-18-15(2)16-6-8-17(9-7-16)21-14-13-20-12-5-11-19-3/h6-9,15,18H,4-5,10-14H2,1-3H3. The van der Waals surface area contributed by atoms with Gasteiger partial charge in [-0.25, -0.2) is 0 Å². The van der Waals surface area contributed by atoms with E-state index in [0.717, 1.165) is 38.3 Å². The topological polar surface area (TPSA) is 39.7 Å². The second kappa shape index (κ2) is 11.5. The first-order valence-corrected chi connectivity index (χ1v) is 7.80. The van der Waals surface area contributed by atoms with Crippen molar-refractivity contribution in [1.29, 1.82) is 0 Å². The van der Waals surface area contributed by atoms with E-state index < -0.39 is 0 Å². The van der Waals surface area contributed by atoms with Crippen LogP contribution in [0.3, 0.4) is 0 Å². The van der Waals surface area contributed by atoms with Gasteiger partial charge in [-0.15, -0.1) is 0 Å². The first-order valence-electron chi connectivity index (χ1n) is 7.80. The van der Waals surface area contributed by atoms with Crippen molar-refractivity contribution < 1.29 is 14.2 Å². The van der Waals surface area contributed by atoms with Gasteiger partial charge in [0.25, 0.3) is 0 Å². The molecular formula is C17H29NO3. The van der Waals surface area contributed by atoms with Crippen LogP contribution >= 0.6 is 0 Å². The molecule has 0 aliphatic heterocycles. The summed E-state index contributed by atoms with van der Waals surface area (Å²) in [5.74, 6) is 0.891. The van der Waals surface area contributed by atoms with Crippen molar-refractivity contribution in [1.82, 2.24) is 5.32 Å². The molecule has 0 bridgehead atoms. The zero-order valence-electron chi connectivity index (χ0n) is 13.6. The van der Waals surface area contributed by atoms with Gasteiger partial charge in [0.05, 0.1) is 6.61 Å². The summed E-state index contributed by atoms with van der Waals surface area (Å²) in [7, 11) is 1.70. The first kappa shape index (κ1) is 18.0. The van der Waals surface area contributed by atoms with E-state index >= 15 is 0 Å². The molecule has 120 valence electrons. The first-order chi connectivity index (χ1) is 10.3. The molecule has 1 rings (SSSR count). The number of nitrogens with one attached hydrogen (secondary N) is 1. The van der Waals surface area contributed by atoms with Crippen LogP contribution in [0.2, 0.25) is 0 Å². The highest BCUT2D eigenvalue weighted by molar-refractivity contribution is 5.28. The zero-order chi connectivity index (χ0) is 15.3. The van der Waals surface area contributed by atoms with Crippen molar-refractivity contribution in [3.05, 3.63) is 29.8 Å². The Labute approximate surface area is 128 Å². The summed E-state index contributed by atoms with van der Waals surface area (Å²) >= 11 is 0. The predicted molar refractivity (Wildman–Crippen MR) is 86.0 cm³/mol. The van der Waals surface area contributed by atoms with Gasteiger partial charge in [-0.05, 0) is 44.0 Å². The molecule has 0 radical (unpaired) electrons. The fourth-order valence-corrected chi connectivity index (χ4v) is 1.96. The molecule has 0 saturated heterocycles. The number of rotatable bonds is 12. The molecule has 1 N–H and O–H groups in total. The maximum absolute atomic E-state index is 5.65. The Kier molecular flexibility index (Phi) is 9.87. The summed E-state index contributed by atoms with van der Waals surface area (Å²) < 4.78 is 16.1. The van der Waals surface area contributed by atoms with Crippen LogP contribution in [-0.2, 0) is 9.47 Å². The van der Waals surface area contributed by atoms with Gasteiger partial charge in [-0.3, -0.25) is 0 Å². The molecule has 1 aromatic rings. The van der Waals surface area contributed by atoms with Crippen LogP contribution in [0.1, 0.15) is 38.3 Å². The number of hydrogen-bond acceptors (Lipinski definition) is 4. The molecule has 0 heterocycles. The van der Waals surface area contributed by atoms with E-state index in [9.17, 15) is 0 Å². The van der Waals surface area contributed by atoms with E-state index in [1.165, 1.54) is 5.56 Å². The largest absolute Gasteiger partial charge is 0.491 e. The van der Waals surface area contributed by atoms with Gasteiger partial charge in [0.2, 0.25) is 0 Å². The highest BCUT2D eigenvalue weighted by Crippen LogP contribution is 2.17. The number of benzene rings is 1. The summed E-state index contributed by atoms with van der Waals surface area (Å²) in [6, 6.07) is 8.64. The lowest BCUT2D eigenvalue weighted by Gasteiger charge is -2.14. The Morgan fingerprint density at radius 2 is 1.81 bits per heavy atom. The Hall–Kier alpha value is -1.10. The molecule has 4 heteroatoms. The minimum Gasteiger partial charge on any atom is -0.491 e. The average molecular weight is 295 g/mol. The van der Waals surface area contributed by atoms with Gasteiger partial charge < -0.3 is 19.5 Å². The molecule has 0 saturated carbocycles. The molecule has 0 aromatic heterocycles. The van der Waals surface area contributed by atoms with Gasteiger partial charge in [0.1, 0.15) is 12.4 Å². The smallest absolute Gasteiger partial charge is 0.119 e. The third-order valence-electron chi connectivity index (χ3n) is 3.21. The van der Waals surface area contributed by atoms with Crippen LogP contribution in [0.15, 0.2) is 24.3 Å². The van der Waals surface area contributed by atoms with Gasteiger partial charge in [-0.2, -0.15) is 0 Å². The Balaban J connectivity index is 2.19. The molecule has 0 aliphatic rings. The third kappa shape index (κ3) is 8.05. The monoisotopic (exact) mass is 295 g/mol. The van der Waals surface area contributed by atoms with E-state index in [1.54, 1.807) is 7.11 Å². The molecule has 21 heavy (non-hydrogen) atoms. The summed E-state index contributed by atoms with van der Waals surface area (Å²) in [6.07, 6.45) is 2.07. The molecule has 0 amide bonds. The van der Waals surface area contributed by atoms with Gasteiger partial charge in [0, 0.05) is 26.4 Å². The number of hydrogen-bond donors (Lipinski definition) is 1. The minimum atomic E-state index is 0.378. The maximum Gasteiger partial charge on any atom is 0.119 e. The fourth-order valence-electron chi connectivity index (χ4n) is 1.96. The number of methoxy groups -OCH3 is 1. The SMILES string of the molecule is CCCNC(C)c1ccc(OCCOCCCOC)cc1. The molecular weight excluding hydrogens is 266 g/mol. The van der Waals surface area contributed by atoms with E-state index in [0.29, 0.717) is 19.3 Å². The van der Waals surface area contributed by atoms with E-state index in [2.05, 4.69) is 31.3 Å². The highest BCUT2D eigenvalue weighted by atomic mass is 16.5. The van der Waals surface area contributed by atoms with Crippen LogP contribution in [0.25, 0.3) is 0 Å². The van der Waals surface area contributed by atoms with Crippen molar-refractivity contribution in [3.8, 4) is 5.75 Å². The predicted octanol–water partition coefficient (Wildman–Crippen LogP) is 3.18. The summed E-state index contributed by atoms with van der Waals surface area (Å²) in [5.41, 5.74) is 1.28. The third-order valence-corrected chi connectivity index (χ3v) is 3.21. The second-order valence-corrected chi connectivity index (χ2v) is 5.05. The average Bonchev–Trinajstić information content (AvgIpc) is 2.52. The molecule has 0 spiro atoms. The van der Waals surface area contributed by atoms with E-state index in [1.807, 2.05) is 12.1 Å². The molecule has 1 aromatic carbocycles. The van der Waals surface area contributed by atoms with Crippen molar-refractivity contribution in [2.45, 2.75) is 32.7 Å². The zero-order valence-corrected chi connectivity index (χ0v) is 13.6. The summed E-state index contributed by atoms with van der Waals surface area (Å²) in [5, 5.41) is 3.47. The lowest BCUT2D eigenvalue weighted by atomic mass is 10.1. The Bertz CT molecular complexity index is 354. The molecule has 1 unspecified atom stereocenters. The van der Waals surface area contributed by atoms with Crippen LogP contribution in [0, 0.1) is 0 Å². The Morgan fingerprint density at radius 1 is 1.05 bits per heavy atom. The van der Waals surface area contributed by atoms with Crippen molar-refractivity contribution >= 4 is 0 Å². The van der Waals surface area contributed by atoms with Gasteiger partial charge in [0.15, 0.2) is 0 Å². The normalized spacial score (nSPS) is 12.3. The van der Waals surface area contributed by atoms with Crippen molar-refractivity contribution in [2.75, 3.05) is 40.1 Å². The Morgan fingerprint density at radius 3 is 2.48 bits per heavy atom. The molecule has 0 fully saturated rings. The van der Waals surface area contributed by atoms with Crippen LogP contribution in [0.5, 0.6) is 5.75 Å². The summed E-state index contributed by atoms with van der Waals surface area (Å²) in [6.45, 7) is 8.05. The summed E-state index contributed by atoms with van der Waals surface area (Å²) in [4.78, 5) is 0. The van der Waals surface area contributed by atoms with Crippen LogP contribution in [0.4, 0.5) is 0 Å². The van der Waals surface area contributed by atoms with E-state index in [4.69, 9.17) is 14.2 Å². The van der Waals surface area contributed by atoms with Gasteiger partial charge in [-0.1, -0.05) is 19.1 Å². The van der Waals surface area contributed by atoms with Crippen molar-refractivity contribution in [2.24, 2.45) is 0 Å². The van der Waals surface area contributed by atoms with Gasteiger partial charge >= 0.3 is 0 Å². The van der Waals surface area contributed by atoms with E-state index in [-0.39, 0.29) is 0 Å². The van der Waals surface area contributed by atoms with Crippen molar-refractivity contribution in [3.63, 3.8) is 0 Å². The molecule has 0 aliphatic carbocycles.